The third kappa shape index (κ3) is 5.12. The molecular weight excluding hydrogens is 560 g/mol. The molecule has 1 amide bonds. The molecule has 0 radical (unpaired) electrons. The van der Waals surface area contributed by atoms with Gasteiger partial charge in [0.15, 0.2) is 0 Å². The maximum absolute atomic E-state index is 12.4. The van der Waals surface area contributed by atoms with Gasteiger partial charge in [0, 0.05) is 65.7 Å². The van der Waals surface area contributed by atoms with E-state index >= 15 is 0 Å². The van der Waals surface area contributed by atoms with Gasteiger partial charge in [-0.3, -0.25) is 20.1 Å². The van der Waals surface area contributed by atoms with Crippen molar-refractivity contribution < 1.29 is 9.53 Å². The molecule has 4 aromatic rings. The minimum Gasteiger partial charge on any atom is -0.383 e. The number of nitrogens with zero attached hydrogens (tertiary/aromatic N) is 4. The number of morpholine rings is 1. The standard InChI is InChI=1S/C37H38N6O2/c38-35(24-6-8-25(9-7-24)36-33(3-1-15-40-36)42-16-2-4-34(42)44)32-18-28(20-41-37(32)39)27-10-5-23-11-13-29(14-12-26(23)17-27)43-30-19-31(43)22-45-21-30/h1,3,5-10,15,17-18,20,29-31,38H,2,4,11-14,16,19,21-22H2,(H2,39,41). The molecule has 1 aliphatic carbocycles. The van der Waals surface area contributed by atoms with Crippen molar-refractivity contribution in [3.05, 3.63) is 95.3 Å². The predicted molar refractivity (Wildman–Crippen MR) is 177 cm³/mol. The van der Waals surface area contributed by atoms with Gasteiger partial charge in [0.05, 0.1) is 30.3 Å². The van der Waals surface area contributed by atoms with E-state index in [0.717, 1.165) is 66.1 Å². The molecule has 228 valence electrons. The van der Waals surface area contributed by atoms with Crippen LogP contribution in [0.15, 0.2) is 73.1 Å². The molecule has 3 N–H and O–H groups in total. The summed E-state index contributed by atoms with van der Waals surface area (Å²) >= 11 is 0. The quantitative estimate of drug-likeness (QED) is 0.219. The van der Waals surface area contributed by atoms with Crippen molar-refractivity contribution in [2.75, 3.05) is 30.4 Å². The van der Waals surface area contributed by atoms with Crippen LogP contribution in [0.25, 0.3) is 22.4 Å². The van der Waals surface area contributed by atoms with Crippen molar-refractivity contribution >= 4 is 23.1 Å². The van der Waals surface area contributed by atoms with E-state index in [0.29, 0.717) is 48.2 Å². The second-order valence-corrected chi connectivity index (χ2v) is 12.9. The summed E-state index contributed by atoms with van der Waals surface area (Å²) in [6.07, 6.45) is 10.9. The van der Waals surface area contributed by atoms with Crippen LogP contribution in [0.4, 0.5) is 11.5 Å². The number of rotatable bonds is 6. The van der Waals surface area contributed by atoms with Crippen LogP contribution in [0.1, 0.15) is 54.4 Å². The number of pyridine rings is 2. The van der Waals surface area contributed by atoms with Gasteiger partial charge in [0.1, 0.15) is 5.82 Å². The first kappa shape index (κ1) is 28.1. The fourth-order valence-corrected chi connectivity index (χ4v) is 7.85. The SMILES string of the molecule is N=C(c1ccc(-c2ncccc2N2CCCC2=O)cc1)c1cc(-c2ccc3c(c2)CCC(N2C4COCC2C4)CC3)cnc1N. The van der Waals surface area contributed by atoms with E-state index in [1.807, 2.05) is 53.6 Å². The first-order valence-corrected chi connectivity index (χ1v) is 16.2. The summed E-state index contributed by atoms with van der Waals surface area (Å²) in [4.78, 5) is 26.1. The number of benzene rings is 2. The molecule has 0 saturated carbocycles. The van der Waals surface area contributed by atoms with E-state index in [1.165, 1.54) is 30.4 Å². The first-order valence-electron chi connectivity index (χ1n) is 16.2. The van der Waals surface area contributed by atoms with Gasteiger partial charge in [-0.15, -0.1) is 0 Å². The van der Waals surface area contributed by atoms with Gasteiger partial charge in [-0.25, -0.2) is 4.98 Å². The Labute approximate surface area is 263 Å². The summed E-state index contributed by atoms with van der Waals surface area (Å²) in [6, 6.07) is 22.2. The van der Waals surface area contributed by atoms with Crippen LogP contribution >= 0.6 is 0 Å². The topological polar surface area (TPSA) is 108 Å². The van der Waals surface area contributed by atoms with Crippen molar-refractivity contribution in [1.82, 2.24) is 14.9 Å². The Balaban J connectivity index is 1.02. The summed E-state index contributed by atoms with van der Waals surface area (Å²) in [5, 5.41) is 9.07. The second kappa shape index (κ2) is 11.5. The summed E-state index contributed by atoms with van der Waals surface area (Å²) < 4.78 is 5.74. The van der Waals surface area contributed by atoms with Crippen LogP contribution in [0.3, 0.4) is 0 Å². The van der Waals surface area contributed by atoms with Crippen LogP contribution < -0.4 is 10.6 Å². The lowest BCUT2D eigenvalue weighted by atomic mass is 9.87. The van der Waals surface area contributed by atoms with Gasteiger partial charge < -0.3 is 15.4 Å². The number of nitrogen functional groups attached to an aromatic ring is 1. The number of nitrogens with one attached hydrogen (secondary N) is 1. The summed E-state index contributed by atoms with van der Waals surface area (Å²) in [7, 11) is 0. The highest BCUT2D eigenvalue weighted by molar-refractivity contribution is 6.14. The Morgan fingerprint density at radius 2 is 1.64 bits per heavy atom. The molecule has 4 aliphatic rings. The molecule has 3 saturated heterocycles. The third-order valence-corrected chi connectivity index (χ3v) is 10.2. The Morgan fingerprint density at radius 1 is 0.867 bits per heavy atom. The number of hydrogen-bond acceptors (Lipinski definition) is 7. The lowest BCUT2D eigenvalue weighted by Gasteiger charge is -2.56. The van der Waals surface area contributed by atoms with Crippen molar-refractivity contribution in [2.45, 2.75) is 63.1 Å². The maximum Gasteiger partial charge on any atom is 0.227 e. The molecule has 2 aromatic heterocycles. The lowest BCUT2D eigenvalue weighted by molar-refractivity contribution is -0.148. The summed E-state index contributed by atoms with van der Waals surface area (Å²) in [5.74, 6) is 0.475. The smallest absolute Gasteiger partial charge is 0.227 e. The zero-order chi connectivity index (χ0) is 30.5. The van der Waals surface area contributed by atoms with Crippen LogP contribution in [-0.4, -0.2) is 64.4 Å². The molecular formula is C37H38N6O2. The number of hydrogen-bond donors (Lipinski definition) is 2. The Hall–Kier alpha value is -4.40. The summed E-state index contributed by atoms with van der Waals surface area (Å²) in [6.45, 7) is 2.49. The lowest BCUT2D eigenvalue weighted by Crippen LogP contribution is -2.66. The first-order chi connectivity index (χ1) is 22.0. The number of aromatic nitrogens is 2. The van der Waals surface area contributed by atoms with Gasteiger partial charge in [-0.05, 0) is 73.4 Å². The monoisotopic (exact) mass is 598 g/mol. The molecule has 2 bridgehead atoms. The molecule has 5 heterocycles. The van der Waals surface area contributed by atoms with Gasteiger partial charge in [-0.2, -0.15) is 0 Å². The fraction of sp³-hybridized carbons (Fsp3) is 0.351. The van der Waals surface area contributed by atoms with Gasteiger partial charge in [-0.1, -0.05) is 42.5 Å². The molecule has 8 rings (SSSR count). The van der Waals surface area contributed by atoms with Crippen LogP contribution in [0.5, 0.6) is 0 Å². The molecule has 8 heteroatoms. The normalized spacial score (nSPS) is 22.9. The number of carbonyl (C=O) groups is 1. The fourth-order valence-electron chi connectivity index (χ4n) is 7.85. The zero-order valence-corrected chi connectivity index (χ0v) is 25.4. The number of nitrogens with two attached hydrogens (primary N) is 1. The molecule has 3 fully saturated rings. The summed E-state index contributed by atoms with van der Waals surface area (Å²) in [5.41, 5.74) is 15.5. The zero-order valence-electron chi connectivity index (χ0n) is 25.4. The minimum atomic E-state index is 0.133. The van der Waals surface area contributed by atoms with Crippen LogP contribution in [0, 0.1) is 5.41 Å². The number of amides is 1. The Morgan fingerprint density at radius 3 is 2.40 bits per heavy atom. The number of ether oxygens (including phenoxy) is 1. The van der Waals surface area contributed by atoms with Crippen LogP contribution in [-0.2, 0) is 22.4 Å². The van der Waals surface area contributed by atoms with E-state index in [2.05, 4.69) is 33.1 Å². The molecule has 0 spiro atoms. The molecule has 2 aromatic carbocycles. The van der Waals surface area contributed by atoms with E-state index < -0.39 is 0 Å². The van der Waals surface area contributed by atoms with Crippen molar-refractivity contribution in [3.63, 3.8) is 0 Å². The van der Waals surface area contributed by atoms with Gasteiger partial charge in [0.25, 0.3) is 0 Å². The van der Waals surface area contributed by atoms with E-state index in [1.54, 1.807) is 6.20 Å². The average Bonchev–Trinajstić information content (AvgIpc) is 3.41. The Kier molecular flexibility index (Phi) is 7.19. The Bertz CT molecular complexity index is 1770. The number of fused-ring (bicyclic) bond motifs is 3. The molecule has 3 atom stereocenters. The minimum absolute atomic E-state index is 0.133. The molecule has 3 unspecified atom stereocenters. The molecule has 45 heavy (non-hydrogen) atoms. The van der Waals surface area contributed by atoms with Gasteiger partial charge in [0.2, 0.25) is 5.91 Å². The second-order valence-electron chi connectivity index (χ2n) is 12.9. The maximum atomic E-state index is 12.4. The average molecular weight is 599 g/mol. The van der Waals surface area contributed by atoms with E-state index in [9.17, 15) is 4.79 Å². The van der Waals surface area contributed by atoms with E-state index in [-0.39, 0.29) is 5.91 Å². The predicted octanol–water partition coefficient (Wildman–Crippen LogP) is 5.66. The number of anilines is 2. The number of carbonyl (C=O) groups excluding carboxylic acids is 1. The largest absolute Gasteiger partial charge is 0.383 e. The van der Waals surface area contributed by atoms with Crippen molar-refractivity contribution in [1.29, 1.82) is 5.41 Å². The molecule has 8 nitrogen and oxygen atoms in total. The highest BCUT2D eigenvalue weighted by atomic mass is 16.5. The van der Waals surface area contributed by atoms with Crippen molar-refractivity contribution in [2.24, 2.45) is 0 Å². The van der Waals surface area contributed by atoms with Crippen LogP contribution in [0.2, 0.25) is 0 Å². The van der Waals surface area contributed by atoms with E-state index in [4.69, 9.17) is 15.9 Å². The molecule has 3 aliphatic heterocycles. The van der Waals surface area contributed by atoms with Crippen molar-refractivity contribution in [3.8, 4) is 22.4 Å². The highest BCUT2D eigenvalue weighted by Crippen LogP contribution is 2.38. The van der Waals surface area contributed by atoms with Gasteiger partial charge >= 0.3 is 0 Å². The third-order valence-electron chi connectivity index (χ3n) is 10.2. The highest BCUT2D eigenvalue weighted by Gasteiger charge is 2.45. The number of aryl methyl sites for hydroxylation is 2.